The van der Waals surface area contributed by atoms with Crippen LogP contribution < -0.4 is 0 Å². The number of benzene rings is 1. The highest BCUT2D eigenvalue weighted by atomic mass is 79.9. The van der Waals surface area contributed by atoms with E-state index in [1.54, 1.807) is 0 Å². The van der Waals surface area contributed by atoms with Crippen molar-refractivity contribution in [3.63, 3.8) is 0 Å². The lowest BCUT2D eigenvalue weighted by molar-refractivity contribution is 0.433. The minimum atomic E-state index is 0.101. The Morgan fingerprint density at radius 2 is 1.56 bits per heavy atom. The van der Waals surface area contributed by atoms with Crippen LogP contribution in [0.2, 0.25) is 0 Å². The fourth-order valence-corrected chi connectivity index (χ4v) is 2.99. The van der Waals surface area contributed by atoms with Crippen molar-refractivity contribution in [2.45, 2.75) is 18.2 Å². The van der Waals surface area contributed by atoms with Gasteiger partial charge >= 0.3 is 0 Å². The summed E-state index contributed by atoms with van der Waals surface area (Å²) in [7, 11) is 0. The number of phenols is 2. The van der Waals surface area contributed by atoms with Crippen LogP contribution >= 0.6 is 63.7 Å². The van der Waals surface area contributed by atoms with Crippen molar-refractivity contribution in [3.05, 3.63) is 20.1 Å². The summed E-state index contributed by atoms with van der Waals surface area (Å²) in [6.45, 7) is 1.81. The Morgan fingerprint density at radius 1 is 1.12 bits per heavy atom. The highest BCUT2D eigenvalue weighted by Crippen LogP contribution is 2.44. The molecule has 0 aromatic heterocycles. The van der Waals surface area contributed by atoms with Crippen LogP contribution in [0.4, 0.5) is 0 Å². The number of hydrogen-bond donors (Lipinski definition) is 2. The predicted octanol–water partition coefficient (Wildman–Crippen LogP) is 4.63. The maximum Gasteiger partial charge on any atom is 0.137 e. The van der Waals surface area contributed by atoms with Gasteiger partial charge in [0, 0.05) is 15.7 Å². The van der Waals surface area contributed by atoms with Gasteiger partial charge in [0.1, 0.15) is 11.5 Å². The quantitative estimate of drug-likeness (QED) is 0.618. The molecule has 1 aromatic carbocycles. The van der Waals surface area contributed by atoms with Gasteiger partial charge in [-0.1, -0.05) is 31.9 Å². The first-order valence-corrected chi connectivity index (χ1v) is 8.10. The van der Waals surface area contributed by atoms with Crippen LogP contribution in [0.3, 0.4) is 0 Å². The fraction of sp³-hybridized carbons (Fsp3) is 0.400. The smallest absolute Gasteiger partial charge is 0.137 e. The Labute approximate surface area is 128 Å². The molecule has 1 atom stereocenters. The molecule has 0 heterocycles. The second-order valence-corrected chi connectivity index (χ2v) is 6.91. The Balaban J connectivity index is 3.28. The molecular weight excluding hydrogens is 472 g/mol. The van der Waals surface area contributed by atoms with Crippen molar-refractivity contribution >= 4 is 63.7 Å². The molecule has 2 N–H and O–H groups in total. The molecule has 6 heteroatoms. The number of aromatic hydroxyl groups is 2. The van der Waals surface area contributed by atoms with Crippen molar-refractivity contribution in [3.8, 4) is 11.5 Å². The largest absolute Gasteiger partial charge is 0.506 e. The van der Waals surface area contributed by atoms with Crippen molar-refractivity contribution in [2.24, 2.45) is 0 Å². The monoisotopic (exact) mass is 478 g/mol. The van der Waals surface area contributed by atoms with Crippen molar-refractivity contribution in [2.75, 3.05) is 5.33 Å². The number of halogens is 4. The molecule has 2 nitrogen and oxygen atoms in total. The summed E-state index contributed by atoms with van der Waals surface area (Å²) >= 11 is 13.4. The van der Waals surface area contributed by atoms with E-state index < -0.39 is 0 Å². The average Bonchev–Trinajstić information content (AvgIpc) is 2.29. The lowest BCUT2D eigenvalue weighted by Gasteiger charge is -2.15. The summed E-state index contributed by atoms with van der Waals surface area (Å²) in [6, 6.07) is 0. The number of phenolic OH excluding ortho intramolecular Hbond substituents is 2. The molecule has 0 aliphatic heterocycles. The summed E-state index contributed by atoms with van der Waals surface area (Å²) in [5.74, 6) is 0.201. The van der Waals surface area contributed by atoms with Crippen LogP contribution in [0.1, 0.15) is 11.1 Å². The van der Waals surface area contributed by atoms with Crippen LogP contribution in [-0.2, 0) is 6.42 Å². The van der Waals surface area contributed by atoms with Gasteiger partial charge in [-0.15, -0.1) is 0 Å². The van der Waals surface area contributed by atoms with Crippen LogP contribution in [0.15, 0.2) is 8.95 Å². The molecule has 0 bridgehead atoms. The Morgan fingerprint density at radius 3 is 1.94 bits per heavy atom. The van der Waals surface area contributed by atoms with Gasteiger partial charge in [-0.25, -0.2) is 0 Å². The first-order valence-electron chi connectivity index (χ1n) is 4.48. The molecule has 0 aliphatic carbocycles. The molecule has 0 amide bonds. The molecule has 90 valence electrons. The molecule has 0 saturated carbocycles. The molecule has 0 fully saturated rings. The second kappa shape index (κ2) is 6.07. The second-order valence-electron chi connectivity index (χ2n) is 3.38. The Hall–Kier alpha value is 0.740. The SMILES string of the molecule is Cc1c(Br)c(O)c(CC(Br)CBr)c(O)c1Br. The van der Waals surface area contributed by atoms with E-state index in [0.717, 1.165) is 10.9 Å². The highest BCUT2D eigenvalue weighted by Gasteiger charge is 2.20. The minimum absolute atomic E-state index is 0.101. The summed E-state index contributed by atoms with van der Waals surface area (Å²) in [5.41, 5.74) is 1.31. The van der Waals surface area contributed by atoms with Crippen LogP contribution in [0, 0.1) is 6.92 Å². The van der Waals surface area contributed by atoms with Crippen LogP contribution in [-0.4, -0.2) is 20.4 Å². The topological polar surface area (TPSA) is 40.5 Å². The van der Waals surface area contributed by atoms with E-state index in [2.05, 4.69) is 63.7 Å². The van der Waals surface area contributed by atoms with E-state index in [1.807, 2.05) is 6.92 Å². The normalized spacial score (nSPS) is 12.8. The molecule has 1 aromatic rings. The predicted molar refractivity (Wildman–Crippen MR) is 80.1 cm³/mol. The molecule has 0 radical (unpaired) electrons. The summed E-state index contributed by atoms with van der Waals surface area (Å²) in [4.78, 5) is 0.158. The summed E-state index contributed by atoms with van der Waals surface area (Å²) in [6.07, 6.45) is 0.542. The molecule has 0 saturated heterocycles. The third-order valence-electron chi connectivity index (χ3n) is 2.24. The van der Waals surface area contributed by atoms with E-state index in [-0.39, 0.29) is 16.3 Å². The molecule has 0 spiro atoms. The molecular formula is C10H10Br4O2. The molecule has 16 heavy (non-hydrogen) atoms. The number of hydrogen-bond acceptors (Lipinski definition) is 2. The van der Waals surface area contributed by atoms with Gasteiger partial charge in [0.15, 0.2) is 0 Å². The fourth-order valence-electron chi connectivity index (χ4n) is 1.30. The van der Waals surface area contributed by atoms with Gasteiger partial charge in [0.2, 0.25) is 0 Å². The van der Waals surface area contributed by atoms with E-state index in [0.29, 0.717) is 20.9 Å². The van der Waals surface area contributed by atoms with E-state index in [9.17, 15) is 10.2 Å². The third kappa shape index (κ3) is 2.94. The summed E-state index contributed by atoms with van der Waals surface area (Å²) in [5, 5.41) is 20.7. The standard InChI is InChI=1S/C10H10Br4O2/c1-4-7(13)9(15)6(2-5(12)3-11)10(16)8(4)14/h5,15-16H,2-3H2,1H3. The Bertz CT molecular complexity index is 377. The van der Waals surface area contributed by atoms with Gasteiger partial charge in [-0.2, -0.15) is 0 Å². The van der Waals surface area contributed by atoms with Crippen LogP contribution in [0.5, 0.6) is 11.5 Å². The zero-order chi connectivity index (χ0) is 12.5. The Kier molecular flexibility index (Phi) is 5.61. The van der Waals surface area contributed by atoms with E-state index in [4.69, 9.17) is 0 Å². The van der Waals surface area contributed by atoms with Gasteiger partial charge in [0.25, 0.3) is 0 Å². The molecule has 0 aliphatic rings. The lowest BCUT2D eigenvalue weighted by atomic mass is 10.1. The maximum atomic E-state index is 9.96. The minimum Gasteiger partial charge on any atom is -0.506 e. The van der Waals surface area contributed by atoms with Crippen LogP contribution in [0.25, 0.3) is 0 Å². The lowest BCUT2D eigenvalue weighted by Crippen LogP contribution is -2.05. The van der Waals surface area contributed by atoms with Crippen molar-refractivity contribution in [1.29, 1.82) is 0 Å². The van der Waals surface area contributed by atoms with E-state index in [1.165, 1.54) is 0 Å². The van der Waals surface area contributed by atoms with Crippen molar-refractivity contribution in [1.82, 2.24) is 0 Å². The summed E-state index contributed by atoms with van der Waals surface area (Å²) < 4.78 is 1.22. The first kappa shape index (κ1) is 14.8. The number of alkyl halides is 2. The van der Waals surface area contributed by atoms with E-state index >= 15 is 0 Å². The van der Waals surface area contributed by atoms with Gasteiger partial charge in [0.05, 0.1) is 8.95 Å². The highest BCUT2D eigenvalue weighted by molar-refractivity contribution is 9.12. The first-order chi connectivity index (χ1) is 7.40. The van der Waals surface area contributed by atoms with Gasteiger partial charge in [-0.3, -0.25) is 0 Å². The average molecular weight is 482 g/mol. The number of rotatable bonds is 3. The molecule has 1 rings (SSSR count). The third-order valence-corrected chi connectivity index (χ3v) is 6.48. The maximum absolute atomic E-state index is 9.96. The van der Waals surface area contributed by atoms with Crippen molar-refractivity contribution < 1.29 is 10.2 Å². The van der Waals surface area contributed by atoms with Gasteiger partial charge < -0.3 is 10.2 Å². The molecule has 1 unspecified atom stereocenters. The zero-order valence-corrected chi connectivity index (χ0v) is 14.7. The zero-order valence-electron chi connectivity index (χ0n) is 8.40. The van der Waals surface area contributed by atoms with Gasteiger partial charge in [-0.05, 0) is 50.8 Å².